The number of likely N-dealkylation sites (N-methyl/N-ethyl adjacent to an activating group) is 1. The second-order valence-corrected chi connectivity index (χ2v) is 5.32. The molecule has 112 valence electrons. The van der Waals surface area contributed by atoms with Gasteiger partial charge in [0.25, 0.3) is 5.91 Å². The molecule has 0 saturated carbocycles. The van der Waals surface area contributed by atoms with Gasteiger partial charge in [-0.1, -0.05) is 30.3 Å². The van der Waals surface area contributed by atoms with Crippen LogP contribution in [0.1, 0.15) is 33.4 Å². The second-order valence-electron chi connectivity index (χ2n) is 5.32. The summed E-state index contributed by atoms with van der Waals surface area (Å²) >= 11 is 0. The zero-order valence-corrected chi connectivity index (χ0v) is 11.9. The number of carboxylic acid groups (broad SMARTS) is 1. The Bertz CT molecular complexity index is 742. The summed E-state index contributed by atoms with van der Waals surface area (Å²) in [6, 6.07) is 11.6. The molecule has 0 aliphatic carbocycles. The highest BCUT2D eigenvalue weighted by Crippen LogP contribution is 2.41. The quantitative estimate of drug-likeness (QED) is 0.927. The maximum atomic E-state index is 13.1. The van der Waals surface area contributed by atoms with Crippen LogP contribution in [-0.2, 0) is 4.79 Å². The van der Waals surface area contributed by atoms with Gasteiger partial charge in [0.15, 0.2) is 0 Å². The lowest BCUT2D eigenvalue weighted by Gasteiger charge is -2.38. The van der Waals surface area contributed by atoms with Crippen molar-refractivity contribution >= 4 is 11.9 Å². The number of amides is 1. The molecule has 1 aliphatic heterocycles. The number of aliphatic carboxylic acids is 1. The Balaban J connectivity index is 2.18. The van der Waals surface area contributed by atoms with Gasteiger partial charge in [-0.3, -0.25) is 9.59 Å². The summed E-state index contributed by atoms with van der Waals surface area (Å²) in [6.07, 6.45) is 0. The molecule has 2 atom stereocenters. The highest BCUT2D eigenvalue weighted by molar-refractivity contribution is 6.00. The lowest BCUT2D eigenvalue weighted by molar-refractivity contribution is -0.140. The maximum Gasteiger partial charge on any atom is 0.313 e. The van der Waals surface area contributed by atoms with Gasteiger partial charge in [-0.2, -0.15) is 0 Å². The SMILES string of the molecule is CN1C(=O)c2ccccc2[C@@H](C(=O)O)[C@@H]1c1ccc(F)cc1. The number of carbonyl (C=O) groups is 2. The molecular weight excluding hydrogens is 285 g/mol. The van der Waals surface area contributed by atoms with E-state index in [0.29, 0.717) is 16.7 Å². The van der Waals surface area contributed by atoms with E-state index >= 15 is 0 Å². The van der Waals surface area contributed by atoms with Gasteiger partial charge in [0.2, 0.25) is 0 Å². The number of carboxylic acids is 1. The van der Waals surface area contributed by atoms with Crippen LogP contribution in [0.5, 0.6) is 0 Å². The Morgan fingerprint density at radius 3 is 2.41 bits per heavy atom. The predicted molar refractivity (Wildman–Crippen MR) is 78.1 cm³/mol. The van der Waals surface area contributed by atoms with Crippen LogP contribution >= 0.6 is 0 Å². The molecule has 0 aromatic heterocycles. The van der Waals surface area contributed by atoms with Gasteiger partial charge in [0.05, 0.1) is 6.04 Å². The van der Waals surface area contributed by atoms with Crippen molar-refractivity contribution in [3.63, 3.8) is 0 Å². The molecule has 1 amide bonds. The third kappa shape index (κ3) is 2.15. The smallest absolute Gasteiger partial charge is 0.313 e. The fraction of sp³-hybridized carbons (Fsp3) is 0.176. The third-order valence-corrected chi connectivity index (χ3v) is 4.06. The van der Waals surface area contributed by atoms with E-state index in [1.807, 2.05) is 0 Å². The summed E-state index contributed by atoms with van der Waals surface area (Å²) in [4.78, 5) is 25.7. The van der Waals surface area contributed by atoms with E-state index in [2.05, 4.69) is 0 Å². The molecule has 0 unspecified atom stereocenters. The van der Waals surface area contributed by atoms with E-state index in [1.165, 1.54) is 29.2 Å². The van der Waals surface area contributed by atoms with Crippen molar-refractivity contribution in [1.82, 2.24) is 4.90 Å². The number of halogens is 1. The fourth-order valence-electron chi connectivity index (χ4n) is 3.02. The van der Waals surface area contributed by atoms with Crippen molar-refractivity contribution in [2.24, 2.45) is 0 Å². The normalized spacial score (nSPS) is 20.6. The van der Waals surface area contributed by atoms with E-state index in [9.17, 15) is 19.1 Å². The number of rotatable bonds is 2. The molecule has 22 heavy (non-hydrogen) atoms. The Morgan fingerprint density at radius 1 is 1.14 bits per heavy atom. The van der Waals surface area contributed by atoms with Gasteiger partial charge >= 0.3 is 5.97 Å². The van der Waals surface area contributed by atoms with Gasteiger partial charge in [-0.15, -0.1) is 0 Å². The summed E-state index contributed by atoms with van der Waals surface area (Å²) < 4.78 is 13.1. The van der Waals surface area contributed by atoms with Crippen molar-refractivity contribution in [3.8, 4) is 0 Å². The molecule has 1 N–H and O–H groups in total. The van der Waals surface area contributed by atoms with Crippen LogP contribution in [-0.4, -0.2) is 28.9 Å². The lowest BCUT2D eigenvalue weighted by Crippen LogP contribution is -2.42. The number of carbonyl (C=O) groups excluding carboxylic acids is 1. The van der Waals surface area contributed by atoms with Crippen LogP contribution in [0.3, 0.4) is 0 Å². The Kier molecular flexibility index (Phi) is 3.41. The van der Waals surface area contributed by atoms with Crippen molar-refractivity contribution in [1.29, 1.82) is 0 Å². The largest absolute Gasteiger partial charge is 0.481 e. The van der Waals surface area contributed by atoms with Crippen LogP contribution in [0.25, 0.3) is 0 Å². The molecule has 0 bridgehead atoms. The summed E-state index contributed by atoms with van der Waals surface area (Å²) in [5.74, 6) is -2.53. The second kappa shape index (κ2) is 5.26. The minimum absolute atomic E-state index is 0.234. The van der Waals surface area contributed by atoms with Crippen molar-refractivity contribution in [3.05, 3.63) is 71.0 Å². The number of fused-ring (bicyclic) bond motifs is 1. The minimum atomic E-state index is -1.01. The van der Waals surface area contributed by atoms with Gasteiger partial charge in [0.1, 0.15) is 11.7 Å². The highest BCUT2D eigenvalue weighted by atomic mass is 19.1. The molecule has 3 rings (SSSR count). The number of benzene rings is 2. The van der Waals surface area contributed by atoms with E-state index in [4.69, 9.17) is 0 Å². The van der Waals surface area contributed by atoms with Crippen LogP contribution in [0.4, 0.5) is 4.39 Å². The zero-order chi connectivity index (χ0) is 15.9. The minimum Gasteiger partial charge on any atom is -0.481 e. The maximum absolute atomic E-state index is 13.1. The molecule has 0 fully saturated rings. The van der Waals surface area contributed by atoms with Crippen LogP contribution in [0.2, 0.25) is 0 Å². The summed E-state index contributed by atoms with van der Waals surface area (Å²) in [7, 11) is 1.57. The van der Waals surface area contributed by atoms with E-state index < -0.39 is 23.7 Å². The molecular formula is C17H14FNO3. The Labute approximate surface area is 126 Å². The first-order valence-electron chi connectivity index (χ1n) is 6.85. The van der Waals surface area contributed by atoms with E-state index in [-0.39, 0.29) is 5.91 Å². The van der Waals surface area contributed by atoms with Gasteiger partial charge in [0, 0.05) is 12.6 Å². The van der Waals surface area contributed by atoms with Crippen LogP contribution in [0, 0.1) is 5.82 Å². The van der Waals surface area contributed by atoms with Crippen LogP contribution < -0.4 is 0 Å². The fourth-order valence-corrected chi connectivity index (χ4v) is 3.02. The molecule has 0 radical (unpaired) electrons. The third-order valence-electron chi connectivity index (χ3n) is 4.06. The van der Waals surface area contributed by atoms with E-state index in [1.54, 1.807) is 31.3 Å². The molecule has 2 aromatic rings. The lowest BCUT2D eigenvalue weighted by atomic mass is 9.80. The first kappa shape index (κ1) is 14.3. The standard InChI is InChI=1S/C17H14FNO3/c1-19-15(10-6-8-11(18)9-7-10)14(17(21)22)12-4-2-3-5-13(12)16(19)20/h2-9,14-15H,1H3,(H,21,22)/t14-,15+/m1/s1. The Hall–Kier alpha value is -2.69. The average molecular weight is 299 g/mol. The first-order chi connectivity index (χ1) is 10.5. The van der Waals surface area contributed by atoms with Gasteiger partial charge in [-0.25, -0.2) is 4.39 Å². The molecule has 1 heterocycles. The summed E-state index contributed by atoms with van der Waals surface area (Å²) in [6.45, 7) is 0. The molecule has 5 heteroatoms. The summed E-state index contributed by atoms with van der Waals surface area (Å²) in [5, 5.41) is 9.66. The number of hydrogen-bond donors (Lipinski definition) is 1. The molecule has 4 nitrogen and oxygen atoms in total. The zero-order valence-electron chi connectivity index (χ0n) is 11.9. The van der Waals surface area contributed by atoms with Gasteiger partial charge in [-0.05, 0) is 29.3 Å². The van der Waals surface area contributed by atoms with Crippen molar-refractivity contribution in [2.45, 2.75) is 12.0 Å². The predicted octanol–water partition coefficient (Wildman–Crippen LogP) is 2.82. The van der Waals surface area contributed by atoms with Crippen molar-refractivity contribution < 1.29 is 19.1 Å². The Morgan fingerprint density at radius 2 is 1.77 bits per heavy atom. The topological polar surface area (TPSA) is 57.6 Å². The molecule has 2 aromatic carbocycles. The summed E-state index contributed by atoms with van der Waals surface area (Å²) in [5.41, 5.74) is 1.49. The van der Waals surface area contributed by atoms with Gasteiger partial charge < -0.3 is 10.0 Å². The van der Waals surface area contributed by atoms with Crippen LogP contribution in [0.15, 0.2) is 48.5 Å². The molecule has 1 aliphatic rings. The van der Waals surface area contributed by atoms with E-state index in [0.717, 1.165) is 0 Å². The monoisotopic (exact) mass is 299 g/mol. The number of nitrogens with zero attached hydrogens (tertiary/aromatic N) is 1. The molecule has 0 spiro atoms. The number of hydrogen-bond acceptors (Lipinski definition) is 2. The molecule has 0 saturated heterocycles. The first-order valence-corrected chi connectivity index (χ1v) is 6.85. The highest BCUT2D eigenvalue weighted by Gasteiger charge is 2.42. The average Bonchev–Trinajstić information content (AvgIpc) is 2.51. The van der Waals surface area contributed by atoms with Crippen molar-refractivity contribution in [2.75, 3.05) is 7.05 Å².